The first-order valence-corrected chi connectivity index (χ1v) is 7.66. The van der Waals surface area contributed by atoms with Gasteiger partial charge in [-0.25, -0.2) is 0 Å². The van der Waals surface area contributed by atoms with Crippen LogP contribution < -0.4 is 5.32 Å². The predicted molar refractivity (Wildman–Crippen MR) is 81.6 cm³/mol. The van der Waals surface area contributed by atoms with Crippen molar-refractivity contribution in [1.29, 1.82) is 0 Å². The summed E-state index contributed by atoms with van der Waals surface area (Å²) in [4.78, 5) is 0. The Kier molecular flexibility index (Phi) is 5.28. The predicted octanol–water partition coefficient (Wildman–Crippen LogP) is 4.75. The number of hydrogen-bond donors (Lipinski definition) is 1. The van der Waals surface area contributed by atoms with Crippen LogP contribution in [0, 0.1) is 0 Å². The number of nitrogens with one attached hydrogen (secondary N) is 1. The minimum Gasteiger partial charge on any atom is -0.385 e. The van der Waals surface area contributed by atoms with Crippen LogP contribution in [-0.2, 0) is 12.8 Å². The van der Waals surface area contributed by atoms with Crippen LogP contribution in [-0.4, -0.2) is 6.54 Å². The zero-order valence-corrected chi connectivity index (χ0v) is 11.8. The van der Waals surface area contributed by atoms with Crippen LogP contribution in [0.2, 0.25) is 0 Å². The molecular weight excluding hydrogens is 238 g/mol. The van der Waals surface area contributed by atoms with Gasteiger partial charge in [0.15, 0.2) is 0 Å². The van der Waals surface area contributed by atoms with E-state index >= 15 is 0 Å². The first kappa shape index (κ1) is 13.2. The molecule has 0 fully saturated rings. The molecule has 2 rings (SSSR count). The van der Waals surface area contributed by atoms with Crippen molar-refractivity contribution in [2.24, 2.45) is 0 Å². The molecule has 0 amide bonds. The summed E-state index contributed by atoms with van der Waals surface area (Å²) in [6.45, 7) is 3.24. The largest absolute Gasteiger partial charge is 0.385 e. The van der Waals surface area contributed by atoms with Crippen LogP contribution >= 0.6 is 11.3 Å². The van der Waals surface area contributed by atoms with Gasteiger partial charge in [-0.15, -0.1) is 0 Å². The van der Waals surface area contributed by atoms with E-state index in [-0.39, 0.29) is 0 Å². The number of anilines is 1. The van der Waals surface area contributed by atoms with E-state index in [9.17, 15) is 0 Å². The summed E-state index contributed by atoms with van der Waals surface area (Å²) in [5.74, 6) is 0. The maximum atomic E-state index is 3.47. The van der Waals surface area contributed by atoms with E-state index in [1.807, 2.05) is 0 Å². The van der Waals surface area contributed by atoms with E-state index in [2.05, 4.69) is 53.3 Å². The van der Waals surface area contributed by atoms with E-state index in [1.165, 1.54) is 36.1 Å². The van der Waals surface area contributed by atoms with Gasteiger partial charge in [0.25, 0.3) is 0 Å². The molecule has 0 atom stereocenters. The fourth-order valence-electron chi connectivity index (χ4n) is 1.96. The molecule has 0 aliphatic heterocycles. The average molecular weight is 259 g/mol. The summed E-state index contributed by atoms with van der Waals surface area (Å²) >= 11 is 1.77. The molecule has 1 heterocycles. The third kappa shape index (κ3) is 4.19. The number of unbranched alkanes of at least 4 members (excludes halogenated alkanes) is 1. The molecule has 18 heavy (non-hydrogen) atoms. The molecule has 2 aromatic rings. The molecule has 0 unspecified atom stereocenters. The summed E-state index contributed by atoms with van der Waals surface area (Å²) in [5.41, 5.74) is 4.10. The Morgan fingerprint density at radius 3 is 2.50 bits per heavy atom. The number of thiophene rings is 1. The number of aryl methyl sites for hydroxylation is 1. The molecule has 0 aliphatic carbocycles. The molecule has 96 valence electrons. The van der Waals surface area contributed by atoms with Crippen LogP contribution in [0.3, 0.4) is 0 Å². The molecule has 0 aliphatic rings. The van der Waals surface area contributed by atoms with E-state index in [1.54, 1.807) is 11.3 Å². The fourth-order valence-corrected chi connectivity index (χ4v) is 2.66. The SMILES string of the molecule is CCCCc1ccc(NCCc2ccsc2)cc1. The second-order valence-electron chi connectivity index (χ2n) is 4.61. The summed E-state index contributed by atoms with van der Waals surface area (Å²) in [7, 11) is 0. The second-order valence-corrected chi connectivity index (χ2v) is 5.39. The summed E-state index contributed by atoms with van der Waals surface area (Å²) in [5, 5.41) is 7.83. The Labute approximate surface area is 114 Å². The number of rotatable bonds is 7. The van der Waals surface area contributed by atoms with Crippen molar-refractivity contribution in [2.75, 3.05) is 11.9 Å². The lowest BCUT2D eigenvalue weighted by Crippen LogP contribution is -2.04. The second kappa shape index (κ2) is 7.22. The third-order valence-electron chi connectivity index (χ3n) is 3.10. The zero-order chi connectivity index (χ0) is 12.6. The lowest BCUT2D eigenvalue weighted by Gasteiger charge is -2.07. The van der Waals surface area contributed by atoms with Gasteiger partial charge in [-0.1, -0.05) is 25.5 Å². The molecule has 0 bridgehead atoms. The van der Waals surface area contributed by atoms with Gasteiger partial charge in [0.1, 0.15) is 0 Å². The van der Waals surface area contributed by atoms with Crippen molar-refractivity contribution in [3.8, 4) is 0 Å². The quantitative estimate of drug-likeness (QED) is 0.757. The molecule has 0 spiro atoms. The highest BCUT2D eigenvalue weighted by atomic mass is 32.1. The molecule has 0 radical (unpaired) electrons. The lowest BCUT2D eigenvalue weighted by molar-refractivity contribution is 0.795. The van der Waals surface area contributed by atoms with Crippen LogP contribution in [0.1, 0.15) is 30.9 Å². The molecule has 2 heteroatoms. The van der Waals surface area contributed by atoms with Crippen molar-refractivity contribution >= 4 is 17.0 Å². The maximum absolute atomic E-state index is 3.47. The van der Waals surface area contributed by atoms with Crippen LogP contribution in [0.4, 0.5) is 5.69 Å². The third-order valence-corrected chi connectivity index (χ3v) is 3.83. The number of benzene rings is 1. The minimum atomic E-state index is 1.00. The molecule has 1 nitrogen and oxygen atoms in total. The van der Waals surface area contributed by atoms with Gasteiger partial charge < -0.3 is 5.32 Å². The van der Waals surface area contributed by atoms with Gasteiger partial charge in [0.05, 0.1) is 0 Å². The Morgan fingerprint density at radius 2 is 1.83 bits per heavy atom. The fraction of sp³-hybridized carbons (Fsp3) is 0.375. The van der Waals surface area contributed by atoms with E-state index < -0.39 is 0 Å². The maximum Gasteiger partial charge on any atom is 0.0340 e. The normalized spacial score (nSPS) is 10.5. The zero-order valence-electron chi connectivity index (χ0n) is 11.0. The number of hydrogen-bond acceptors (Lipinski definition) is 2. The average Bonchev–Trinajstić information content (AvgIpc) is 2.91. The highest BCUT2D eigenvalue weighted by Gasteiger charge is 1.96. The van der Waals surface area contributed by atoms with Gasteiger partial charge in [-0.2, -0.15) is 11.3 Å². The molecule has 0 saturated heterocycles. The smallest absolute Gasteiger partial charge is 0.0340 e. The topological polar surface area (TPSA) is 12.0 Å². The van der Waals surface area contributed by atoms with Crippen molar-refractivity contribution in [3.63, 3.8) is 0 Å². The van der Waals surface area contributed by atoms with Gasteiger partial charge >= 0.3 is 0 Å². The minimum absolute atomic E-state index is 1.00. The van der Waals surface area contributed by atoms with Crippen molar-refractivity contribution < 1.29 is 0 Å². The van der Waals surface area contributed by atoms with E-state index in [0.717, 1.165) is 13.0 Å². The molecular formula is C16H21NS. The molecule has 0 saturated carbocycles. The first-order valence-electron chi connectivity index (χ1n) is 6.72. The van der Waals surface area contributed by atoms with Crippen molar-refractivity contribution in [3.05, 3.63) is 52.2 Å². The Balaban J connectivity index is 1.75. The van der Waals surface area contributed by atoms with Gasteiger partial charge in [0.2, 0.25) is 0 Å². The Morgan fingerprint density at radius 1 is 1.00 bits per heavy atom. The summed E-state index contributed by atoms with van der Waals surface area (Å²) in [6.07, 6.45) is 4.85. The monoisotopic (exact) mass is 259 g/mol. The summed E-state index contributed by atoms with van der Waals surface area (Å²) < 4.78 is 0. The lowest BCUT2D eigenvalue weighted by atomic mass is 10.1. The van der Waals surface area contributed by atoms with E-state index in [0.29, 0.717) is 0 Å². The van der Waals surface area contributed by atoms with Crippen LogP contribution in [0.15, 0.2) is 41.1 Å². The van der Waals surface area contributed by atoms with Crippen molar-refractivity contribution in [2.45, 2.75) is 32.6 Å². The molecule has 1 N–H and O–H groups in total. The van der Waals surface area contributed by atoms with Crippen LogP contribution in [0.5, 0.6) is 0 Å². The van der Waals surface area contributed by atoms with Gasteiger partial charge in [0, 0.05) is 12.2 Å². The highest BCUT2D eigenvalue weighted by Crippen LogP contribution is 2.12. The van der Waals surface area contributed by atoms with E-state index in [4.69, 9.17) is 0 Å². The Bertz CT molecular complexity index is 431. The molecule has 1 aromatic carbocycles. The van der Waals surface area contributed by atoms with Gasteiger partial charge in [-0.05, 0) is 59.3 Å². The van der Waals surface area contributed by atoms with Gasteiger partial charge in [-0.3, -0.25) is 0 Å². The highest BCUT2D eigenvalue weighted by molar-refractivity contribution is 7.07. The Hall–Kier alpha value is -1.28. The van der Waals surface area contributed by atoms with Crippen LogP contribution in [0.25, 0.3) is 0 Å². The standard InChI is InChI=1S/C16H21NS/c1-2-3-4-14-5-7-16(8-6-14)17-11-9-15-10-12-18-13-15/h5-8,10,12-13,17H,2-4,9,11H2,1H3. The van der Waals surface area contributed by atoms with Crippen molar-refractivity contribution in [1.82, 2.24) is 0 Å². The summed E-state index contributed by atoms with van der Waals surface area (Å²) in [6, 6.07) is 11.1. The first-order chi connectivity index (χ1) is 8.88. The molecule has 1 aromatic heterocycles.